The van der Waals surface area contributed by atoms with Crippen molar-refractivity contribution in [3.8, 4) is 11.5 Å². The molecule has 21 heavy (non-hydrogen) atoms. The molecule has 4 nitrogen and oxygen atoms in total. The molecule has 0 bridgehead atoms. The van der Waals surface area contributed by atoms with Crippen LogP contribution in [0.25, 0.3) is 11.0 Å². The minimum Gasteiger partial charge on any atom is -0.508 e. The molecule has 0 aliphatic heterocycles. The van der Waals surface area contributed by atoms with Crippen molar-refractivity contribution in [3.05, 3.63) is 53.3 Å². The van der Waals surface area contributed by atoms with Crippen LogP contribution in [0.4, 0.5) is 0 Å². The number of phenolic OH excluding ortho intramolecular Hbond substituents is 1. The fraction of sp³-hybridized carbons (Fsp3) is 0.235. The van der Waals surface area contributed by atoms with Gasteiger partial charge in [-0.25, -0.2) is 4.98 Å². The molecule has 0 aliphatic rings. The predicted molar refractivity (Wildman–Crippen MR) is 82.9 cm³/mol. The van der Waals surface area contributed by atoms with Crippen LogP contribution in [0.3, 0.4) is 0 Å². The summed E-state index contributed by atoms with van der Waals surface area (Å²) in [4.78, 5) is 7.71. The summed E-state index contributed by atoms with van der Waals surface area (Å²) >= 11 is 0. The number of hydrogen-bond acceptors (Lipinski definition) is 3. The molecule has 1 aromatic heterocycles. The number of imidazole rings is 1. The Kier molecular flexibility index (Phi) is 3.52. The Bertz CT molecular complexity index is 760. The van der Waals surface area contributed by atoms with Crippen molar-refractivity contribution < 1.29 is 9.84 Å². The predicted octanol–water partition coefficient (Wildman–Crippen LogP) is 3.51. The molecule has 3 aromatic rings. The lowest BCUT2D eigenvalue weighted by atomic mass is 10.1. The summed E-state index contributed by atoms with van der Waals surface area (Å²) in [6.07, 6.45) is 0.803. The van der Waals surface area contributed by atoms with Gasteiger partial charge in [0.1, 0.15) is 17.3 Å². The number of hydrogen-bond donors (Lipinski definition) is 2. The Balaban J connectivity index is 1.70. The topological polar surface area (TPSA) is 58.1 Å². The zero-order chi connectivity index (χ0) is 14.8. The van der Waals surface area contributed by atoms with Crippen molar-refractivity contribution in [3.63, 3.8) is 0 Å². The maximum absolute atomic E-state index is 9.26. The third kappa shape index (κ3) is 2.84. The number of nitrogens with zero attached hydrogens (tertiary/aromatic N) is 1. The second-order valence-electron chi connectivity index (χ2n) is 5.17. The monoisotopic (exact) mass is 282 g/mol. The highest BCUT2D eigenvalue weighted by atomic mass is 16.5. The zero-order valence-electron chi connectivity index (χ0n) is 12.2. The largest absolute Gasteiger partial charge is 0.508 e. The molecule has 0 atom stereocenters. The molecule has 0 radical (unpaired) electrons. The third-order valence-electron chi connectivity index (χ3n) is 3.56. The van der Waals surface area contributed by atoms with Crippen LogP contribution in [0.1, 0.15) is 17.0 Å². The van der Waals surface area contributed by atoms with Gasteiger partial charge in [-0.15, -0.1) is 0 Å². The molecule has 0 spiro atoms. The number of benzene rings is 2. The molecule has 0 saturated heterocycles. The minimum absolute atomic E-state index is 0.287. The molecule has 2 N–H and O–H groups in total. The molecular formula is C17H18N2O2. The first-order chi connectivity index (χ1) is 10.1. The van der Waals surface area contributed by atoms with Crippen LogP contribution in [0.5, 0.6) is 11.5 Å². The van der Waals surface area contributed by atoms with Crippen molar-refractivity contribution in [1.82, 2.24) is 9.97 Å². The molecule has 0 amide bonds. The number of phenols is 1. The van der Waals surface area contributed by atoms with E-state index in [0.717, 1.165) is 40.2 Å². The van der Waals surface area contributed by atoms with Gasteiger partial charge in [0.25, 0.3) is 0 Å². The maximum Gasteiger partial charge on any atom is 0.124 e. The van der Waals surface area contributed by atoms with E-state index in [0.29, 0.717) is 6.61 Å². The van der Waals surface area contributed by atoms with Gasteiger partial charge in [0, 0.05) is 12.0 Å². The van der Waals surface area contributed by atoms with Crippen molar-refractivity contribution in [2.75, 3.05) is 6.61 Å². The van der Waals surface area contributed by atoms with Gasteiger partial charge in [-0.05, 0) is 43.7 Å². The lowest BCUT2D eigenvalue weighted by Gasteiger charge is -2.09. The first-order valence-corrected chi connectivity index (χ1v) is 7.00. The molecular weight excluding hydrogens is 264 g/mol. The van der Waals surface area contributed by atoms with Gasteiger partial charge in [0.15, 0.2) is 0 Å². The zero-order valence-corrected chi connectivity index (χ0v) is 12.2. The Morgan fingerprint density at radius 1 is 1.10 bits per heavy atom. The number of ether oxygens (including phenoxy) is 1. The number of aromatic amines is 1. The number of fused-ring (bicyclic) bond motifs is 1. The third-order valence-corrected chi connectivity index (χ3v) is 3.56. The van der Waals surface area contributed by atoms with Gasteiger partial charge in [0.2, 0.25) is 0 Å². The van der Waals surface area contributed by atoms with E-state index in [1.165, 1.54) is 0 Å². The average Bonchev–Trinajstić information content (AvgIpc) is 2.85. The number of aryl methyl sites for hydroxylation is 2. The number of nitrogens with one attached hydrogen (secondary N) is 1. The van der Waals surface area contributed by atoms with Gasteiger partial charge < -0.3 is 14.8 Å². The smallest absolute Gasteiger partial charge is 0.124 e. The Morgan fingerprint density at radius 3 is 2.62 bits per heavy atom. The van der Waals surface area contributed by atoms with E-state index >= 15 is 0 Å². The summed E-state index contributed by atoms with van der Waals surface area (Å²) in [6, 6.07) is 11.2. The summed E-state index contributed by atoms with van der Waals surface area (Å²) in [7, 11) is 0. The first-order valence-electron chi connectivity index (χ1n) is 7.00. The van der Waals surface area contributed by atoms with Gasteiger partial charge in [-0.1, -0.05) is 12.1 Å². The van der Waals surface area contributed by atoms with Gasteiger partial charge in [0.05, 0.1) is 17.6 Å². The van der Waals surface area contributed by atoms with E-state index in [1.54, 1.807) is 12.1 Å². The van der Waals surface area contributed by atoms with Gasteiger partial charge in [-0.2, -0.15) is 0 Å². The normalized spacial score (nSPS) is 11.0. The van der Waals surface area contributed by atoms with Crippen molar-refractivity contribution >= 4 is 11.0 Å². The quantitative estimate of drug-likeness (QED) is 0.770. The molecule has 0 fully saturated rings. The first kappa shape index (κ1) is 13.5. The number of H-pyrrole nitrogens is 1. The highest BCUT2D eigenvalue weighted by molar-refractivity contribution is 5.81. The SMILES string of the molecule is Cc1nc2c(C)c(OCCc3ccc(O)cc3)ccc2[nH]1. The molecule has 0 saturated carbocycles. The second-order valence-corrected chi connectivity index (χ2v) is 5.17. The van der Waals surface area contributed by atoms with Crippen molar-refractivity contribution in [2.24, 2.45) is 0 Å². The minimum atomic E-state index is 0.287. The molecule has 4 heteroatoms. The molecule has 0 aliphatic carbocycles. The van der Waals surface area contributed by atoms with Gasteiger partial charge >= 0.3 is 0 Å². The van der Waals surface area contributed by atoms with Crippen LogP contribution >= 0.6 is 0 Å². The number of aromatic nitrogens is 2. The lowest BCUT2D eigenvalue weighted by Crippen LogP contribution is -2.02. The van der Waals surface area contributed by atoms with E-state index in [4.69, 9.17) is 4.74 Å². The fourth-order valence-electron chi connectivity index (χ4n) is 2.41. The Hall–Kier alpha value is -2.49. The van der Waals surface area contributed by atoms with Crippen LogP contribution in [-0.4, -0.2) is 21.7 Å². The lowest BCUT2D eigenvalue weighted by molar-refractivity contribution is 0.320. The van der Waals surface area contributed by atoms with E-state index in [-0.39, 0.29) is 5.75 Å². The molecule has 1 heterocycles. The standard InChI is InChI=1S/C17H18N2O2/c1-11-16(8-7-15-17(11)19-12(2)18-15)21-10-9-13-3-5-14(20)6-4-13/h3-8,20H,9-10H2,1-2H3,(H,18,19). The van der Waals surface area contributed by atoms with E-state index in [9.17, 15) is 5.11 Å². The van der Waals surface area contributed by atoms with Crippen molar-refractivity contribution in [1.29, 1.82) is 0 Å². The highest BCUT2D eigenvalue weighted by Crippen LogP contribution is 2.25. The Morgan fingerprint density at radius 2 is 1.86 bits per heavy atom. The average molecular weight is 282 g/mol. The summed E-state index contributed by atoms with van der Waals surface area (Å²) in [5.41, 5.74) is 4.20. The van der Waals surface area contributed by atoms with Crippen LogP contribution in [0.2, 0.25) is 0 Å². The van der Waals surface area contributed by atoms with Crippen molar-refractivity contribution in [2.45, 2.75) is 20.3 Å². The van der Waals surface area contributed by atoms with E-state index in [2.05, 4.69) is 9.97 Å². The van der Waals surface area contributed by atoms with E-state index in [1.807, 2.05) is 38.1 Å². The molecule has 108 valence electrons. The maximum atomic E-state index is 9.26. The van der Waals surface area contributed by atoms with Crippen LogP contribution in [0, 0.1) is 13.8 Å². The van der Waals surface area contributed by atoms with Gasteiger partial charge in [-0.3, -0.25) is 0 Å². The summed E-state index contributed by atoms with van der Waals surface area (Å²) in [5.74, 6) is 2.07. The fourth-order valence-corrected chi connectivity index (χ4v) is 2.41. The second kappa shape index (κ2) is 5.48. The van der Waals surface area contributed by atoms with E-state index < -0.39 is 0 Å². The molecule has 0 unspecified atom stereocenters. The van der Waals surface area contributed by atoms with Crippen LogP contribution < -0.4 is 4.74 Å². The Labute approximate surface area is 123 Å². The highest BCUT2D eigenvalue weighted by Gasteiger charge is 2.08. The van der Waals surface area contributed by atoms with Crippen LogP contribution in [-0.2, 0) is 6.42 Å². The summed E-state index contributed by atoms with van der Waals surface area (Å²) in [6.45, 7) is 4.57. The number of rotatable bonds is 4. The summed E-state index contributed by atoms with van der Waals surface area (Å²) in [5, 5.41) is 9.26. The summed E-state index contributed by atoms with van der Waals surface area (Å²) < 4.78 is 5.87. The number of aromatic hydroxyl groups is 1. The molecule has 2 aromatic carbocycles. The van der Waals surface area contributed by atoms with Crippen LogP contribution in [0.15, 0.2) is 36.4 Å². The molecule has 3 rings (SSSR count).